The number of nitrogens with zero attached hydrogens (tertiary/aromatic N) is 1. The Morgan fingerprint density at radius 3 is 2.07 bits per heavy atom. The van der Waals surface area contributed by atoms with E-state index in [1.807, 2.05) is 0 Å². The Kier molecular flexibility index (Phi) is 13.4. The number of allylic oxidation sites excluding steroid dienone is 2. The Morgan fingerprint density at radius 1 is 0.930 bits per heavy atom. The van der Waals surface area contributed by atoms with Crippen molar-refractivity contribution >= 4 is 59.2 Å². The topological polar surface area (TPSA) is 90.4 Å². The maximum atomic E-state index is 15.4. The molecule has 1 aliphatic heterocycles. The molecule has 14 heteroatoms. The van der Waals surface area contributed by atoms with Crippen molar-refractivity contribution in [3.05, 3.63) is 50.5 Å². The van der Waals surface area contributed by atoms with Crippen LogP contribution in [0.15, 0.2) is 32.9 Å². The summed E-state index contributed by atoms with van der Waals surface area (Å²) in [5.41, 5.74) is 0.954. The van der Waals surface area contributed by atoms with E-state index >= 15 is 8.78 Å². The zero-order chi connectivity index (χ0) is 32.6. The third-order valence-corrected chi connectivity index (χ3v) is 18.5. The van der Waals surface area contributed by atoms with Gasteiger partial charge < -0.3 is 19.0 Å². The smallest absolute Gasteiger partial charge is 0.277 e. The van der Waals surface area contributed by atoms with Crippen LogP contribution in [-0.4, -0.2) is 59.2 Å². The van der Waals surface area contributed by atoms with Gasteiger partial charge >= 0.3 is 0 Å². The fraction of sp³-hybridized carbons (Fsp3) is 0.552. The lowest BCUT2D eigenvalue weighted by atomic mass is 10.1. The van der Waals surface area contributed by atoms with E-state index in [2.05, 4.69) is 83.7 Å². The van der Waals surface area contributed by atoms with Crippen molar-refractivity contribution in [3.63, 3.8) is 0 Å². The van der Waals surface area contributed by atoms with Gasteiger partial charge in [-0.15, -0.1) is 0 Å². The fourth-order valence-corrected chi connectivity index (χ4v) is 6.51. The first-order valence-corrected chi connectivity index (χ1v) is 22.2. The van der Waals surface area contributed by atoms with Crippen molar-refractivity contribution in [1.29, 1.82) is 0 Å². The molecular formula is C29H45F3IN3O5Si2. The molecule has 8 nitrogen and oxygen atoms in total. The van der Waals surface area contributed by atoms with Crippen LogP contribution in [0.4, 0.5) is 18.9 Å². The molecule has 0 aromatic heterocycles. The van der Waals surface area contributed by atoms with Gasteiger partial charge in [0.05, 0.1) is 43.0 Å². The van der Waals surface area contributed by atoms with Gasteiger partial charge in [0.25, 0.3) is 5.91 Å². The zero-order valence-electron chi connectivity index (χ0n) is 26.7. The molecule has 0 aliphatic carbocycles. The second kappa shape index (κ2) is 15.4. The minimum atomic E-state index is -2.02. The van der Waals surface area contributed by atoms with E-state index in [0.717, 1.165) is 12.3 Å². The molecule has 0 atom stereocenters. The molecule has 1 amide bonds. The maximum absolute atomic E-state index is 15.4. The first-order chi connectivity index (χ1) is 19.8. The SMILES string of the molecule is CC(C)(C)[Si](C)(C)OCCO/N=C/c1cc(C(=O)NOCCO[Si](C)(C)C(C)(C)C)c(NC2=C(F)C=IC=C2)c(F)c1F. The normalized spacial score (nSPS) is 14.7. The number of hydrogen-bond donors (Lipinski definition) is 2. The number of hydroxylamine groups is 1. The minimum absolute atomic E-state index is 0.00117. The summed E-state index contributed by atoms with van der Waals surface area (Å²) in [6.07, 6.45) is 2.41. The van der Waals surface area contributed by atoms with E-state index in [9.17, 15) is 9.18 Å². The molecule has 0 bridgehead atoms. The Balaban J connectivity index is 2.20. The van der Waals surface area contributed by atoms with E-state index in [4.69, 9.17) is 18.5 Å². The van der Waals surface area contributed by atoms with Crippen molar-refractivity contribution in [2.75, 3.05) is 31.7 Å². The van der Waals surface area contributed by atoms with Gasteiger partial charge in [0, 0.05) is 9.58 Å². The largest absolute Gasteiger partial charge is 0.414 e. The number of oxime groups is 1. The van der Waals surface area contributed by atoms with Crippen LogP contribution in [0.5, 0.6) is 0 Å². The standard InChI is InChI=1S/C29H45F3IN3O5Si2/c1-28(2,3)42(7,8)40-15-13-38-34-19-20-17-21(27(37)36-39-14-16-41-43(9,10)29(4,5)6)26(25(32)24(20)31)35-23-11-12-33-18-22(23)30/h11-12,17-19,35H,13-16H2,1-10H3,(H,36,37)/b34-19+. The second-order valence-corrected chi connectivity index (χ2v) is 24.7. The van der Waals surface area contributed by atoms with Gasteiger partial charge in [-0.25, -0.2) is 18.7 Å². The van der Waals surface area contributed by atoms with Gasteiger partial charge in [-0.05, 0) is 52.5 Å². The van der Waals surface area contributed by atoms with E-state index in [0.29, 0.717) is 0 Å². The molecule has 0 fully saturated rings. The third kappa shape index (κ3) is 10.6. The highest BCUT2D eigenvalue weighted by atomic mass is 127. The number of hydrogen-bond acceptors (Lipinski definition) is 7. The highest BCUT2D eigenvalue weighted by molar-refractivity contribution is 14.2. The minimum Gasteiger partial charge on any atom is -0.414 e. The van der Waals surface area contributed by atoms with E-state index in [-0.39, 0.29) is 53.3 Å². The number of halogens is 4. The fourth-order valence-electron chi connectivity index (χ4n) is 3.03. The Hall–Kier alpha value is -1.86. The number of amides is 1. The van der Waals surface area contributed by atoms with Crippen molar-refractivity contribution in [3.8, 4) is 0 Å². The van der Waals surface area contributed by atoms with Gasteiger partial charge in [-0.3, -0.25) is 9.63 Å². The molecule has 2 N–H and O–H groups in total. The quantitative estimate of drug-likeness (QED) is 0.0660. The lowest BCUT2D eigenvalue weighted by molar-refractivity contribution is 0.0184. The van der Waals surface area contributed by atoms with Gasteiger partial charge in [0.1, 0.15) is 6.61 Å². The van der Waals surface area contributed by atoms with Crippen LogP contribution in [0.25, 0.3) is 0 Å². The molecule has 0 saturated heterocycles. The van der Waals surface area contributed by atoms with E-state index in [1.165, 1.54) is 10.1 Å². The summed E-state index contributed by atoms with van der Waals surface area (Å²) in [5, 5.41) is 6.29. The summed E-state index contributed by atoms with van der Waals surface area (Å²) in [4.78, 5) is 23.6. The van der Waals surface area contributed by atoms with Crippen molar-refractivity contribution in [1.82, 2.24) is 5.48 Å². The monoisotopic (exact) mass is 755 g/mol. The zero-order valence-corrected chi connectivity index (χ0v) is 30.9. The van der Waals surface area contributed by atoms with E-state index in [1.54, 1.807) is 4.08 Å². The average molecular weight is 756 g/mol. The number of carbonyl (C=O) groups is 1. The lowest BCUT2D eigenvalue weighted by Crippen LogP contribution is -2.41. The molecular weight excluding hydrogens is 710 g/mol. The van der Waals surface area contributed by atoms with Crippen LogP contribution in [-0.2, 0) is 18.5 Å². The van der Waals surface area contributed by atoms with Gasteiger partial charge in [0.15, 0.2) is 34.1 Å². The number of anilines is 1. The Labute approximate surface area is 265 Å². The molecule has 1 aliphatic rings. The van der Waals surface area contributed by atoms with Crippen molar-refractivity contribution in [2.45, 2.75) is 77.8 Å². The summed E-state index contributed by atoms with van der Waals surface area (Å²) in [5.74, 6) is -4.15. The predicted octanol–water partition coefficient (Wildman–Crippen LogP) is 7.91. The highest BCUT2D eigenvalue weighted by Gasteiger charge is 2.37. The van der Waals surface area contributed by atoms with Gasteiger partial charge in [0.2, 0.25) is 0 Å². The summed E-state index contributed by atoms with van der Waals surface area (Å²) < 4.78 is 60.0. The highest BCUT2D eigenvalue weighted by Crippen LogP contribution is 2.37. The number of carbonyl (C=O) groups excluding carboxylic acids is 1. The summed E-state index contributed by atoms with van der Waals surface area (Å²) in [7, 11) is -4.00. The number of nitrogens with one attached hydrogen (secondary N) is 2. The predicted molar refractivity (Wildman–Crippen MR) is 181 cm³/mol. The molecule has 1 heterocycles. The Bertz CT molecular complexity index is 1270. The molecule has 0 radical (unpaired) electrons. The lowest BCUT2D eigenvalue weighted by Gasteiger charge is -2.36. The number of benzene rings is 1. The summed E-state index contributed by atoms with van der Waals surface area (Å²) >= 11 is -0.615. The molecule has 2 rings (SSSR count). The molecule has 0 unspecified atom stereocenters. The van der Waals surface area contributed by atoms with Gasteiger partial charge in [-0.1, -0.05) is 67.4 Å². The Morgan fingerprint density at radius 2 is 1.51 bits per heavy atom. The average Bonchev–Trinajstić information content (AvgIpc) is 2.89. The van der Waals surface area contributed by atoms with Crippen molar-refractivity contribution < 1.29 is 36.5 Å². The second-order valence-electron chi connectivity index (χ2n) is 13.0. The molecule has 43 heavy (non-hydrogen) atoms. The summed E-state index contributed by atoms with van der Waals surface area (Å²) in [6.45, 7) is 21.7. The molecule has 0 spiro atoms. The van der Waals surface area contributed by atoms with Crippen LogP contribution < -0.4 is 10.8 Å². The molecule has 242 valence electrons. The van der Waals surface area contributed by atoms with E-state index < -0.39 is 66.4 Å². The maximum Gasteiger partial charge on any atom is 0.277 e. The third-order valence-electron chi connectivity index (χ3n) is 7.79. The molecule has 0 saturated carbocycles. The first-order valence-electron chi connectivity index (χ1n) is 13.9. The molecule has 1 aromatic rings. The molecule has 1 aromatic carbocycles. The number of rotatable bonds is 14. The van der Waals surface area contributed by atoms with Gasteiger partial charge in [-0.2, -0.15) is 0 Å². The van der Waals surface area contributed by atoms with Crippen molar-refractivity contribution in [2.24, 2.45) is 5.16 Å². The van der Waals surface area contributed by atoms with Crippen LogP contribution in [0, 0.1) is 11.6 Å². The van der Waals surface area contributed by atoms with Crippen LogP contribution in [0.1, 0.15) is 57.5 Å². The van der Waals surface area contributed by atoms with Crippen LogP contribution in [0.3, 0.4) is 0 Å². The van der Waals surface area contributed by atoms with Crippen LogP contribution >= 0.6 is 20.7 Å². The summed E-state index contributed by atoms with van der Waals surface area (Å²) in [6, 6.07) is 1.09. The first kappa shape index (κ1) is 37.3. The van der Waals surface area contributed by atoms with Crippen LogP contribution in [0.2, 0.25) is 36.3 Å².